The Balaban J connectivity index is 2.06. The first-order chi connectivity index (χ1) is 9.78. The van der Waals surface area contributed by atoms with E-state index in [4.69, 9.17) is 21.1 Å². The van der Waals surface area contributed by atoms with Crippen LogP contribution in [0.5, 0.6) is 0 Å². The summed E-state index contributed by atoms with van der Waals surface area (Å²) in [4.78, 5) is 11.7. The molecule has 3 aliphatic rings. The number of carbonyl (C=O) groups is 1. The molecular formula is C14H21ClO5S. The van der Waals surface area contributed by atoms with E-state index in [2.05, 4.69) is 0 Å². The van der Waals surface area contributed by atoms with E-state index in [1.165, 1.54) is 0 Å². The number of rotatable bonds is 1. The van der Waals surface area contributed by atoms with Gasteiger partial charge in [0.05, 0.1) is 24.2 Å². The average Bonchev–Trinajstić information content (AvgIpc) is 2.86. The highest BCUT2D eigenvalue weighted by Crippen LogP contribution is 2.53. The summed E-state index contributed by atoms with van der Waals surface area (Å²) < 4.78 is 36.8. The average molecular weight is 337 g/mol. The van der Waals surface area contributed by atoms with Crippen LogP contribution in [0.2, 0.25) is 0 Å². The Morgan fingerprint density at radius 3 is 2.43 bits per heavy atom. The molecule has 7 heteroatoms. The third kappa shape index (κ3) is 2.35. The number of halogens is 1. The summed E-state index contributed by atoms with van der Waals surface area (Å²) in [6.07, 6.45) is 0.858. The molecule has 0 radical (unpaired) electrons. The van der Waals surface area contributed by atoms with Crippen LogP contribution in [0, 0.1) is 23.7 Å². The molecule has 120 valence electrons. The summed E-state index contributed by atoms with van der Waals surface area (Å²) in [5, 5.41) is -0.893. The van der Waals surface area contributed by atoms with E-state index in [-0.39, 0.29) is 34.7 Å². The normalized spacial score (nSPS) is 44.4. The fraction of sp³-hybridized carbons (Fsp3) is 0.929. The van der Waals surface area contributed by atoms with E-state index in [9.17, 15) is 13.2 Å². The first-order valence-electron chi connectivity index (χ1n) is 7.47. The monoisotopic (exact) mass is 336 g/mol. The second-order valence-electron chi connectivity index (χ2n) is 6.60. The van der Waals surface area contributed by atoms with Crippen LogP contribution in [0.4, 0.5) is 0 Å². The molecule has 0 aromatic heterocycles. The van der Waals surface area contributed by atoms with Gasteiger partial charge in [0.15, 0.2) is 15.6 Å². The number of hydrogen-bond acceptors (Lipinski definition) is 5. The lowest BCUT2D eigenvalue weighted by molar-refractivity contribution is -0.223. The van der Waals surface area contributed by atoms with Crippen LogP contribution in [0.1, 0.15) is 26.7 Å². The van der Waals surface area contributed by atoms with Gasteiger partial charge in [-0.05, 0) is 29.9 Å². The van der Waals surface area contributed by atoms with Gasteiger partial charge in [0, 0.05) is 18.3 Å². The van der Waals surface area contributed by atoms with Gasteiger partial charge in [0.1, 0.15) is 0 Å². The molecule has 0 amide bonds. The topological polar surface area (TPSA) is 69.7 Å². The van der Waals surface area contributed by atoms with Crippen molar-refractivity contribution in [2.45, 2.75) is 37.7 Å². The van der Waals surface area contributed by atoms with Crippen molar-refractivity contribution in [3.8, 4) is 0 Å². The minimum Gasteiger partial charge on any atom is -0.347 e. The van der Waals surface area contributed by atoms with Gasteiger partial charge in [0.25, 0.3) is 0 Å². The van der Waals surface area contributed by atoms with Crippen molar-refractivity contribution >= 4 is 26.7 Å². The maximum Gasteiger partial charge on any atom is 0.225 e. The molecule has 2 heterocycles. The van der Waals surface area contributed by atoms with Crippen LogP contribution in [-0.2, 0) is 24.1 Å². The molecule has 1 aliphatic carbocycles. The second-order valence-corrected chi connectivity index (χ2v) is 9.25. The van der Waals surface area contributed by atoms with Crippen LogP contribution in [0.3, 0.4) is 0 Å². The molecule has 0 bridgehead atoms. The van der Waals surface area contributed by atoms with Crippen LogP contribution in [0.25, 0.3) is 0 Å². The summed E-state index contributed by atoms with van der Waals surface area (Å²) >= 11 is 5.74. The van der Waals surface area contributed by atoms with Gasteiger partial charge in [-0.25, -0.2) is 8.42 Å². The van der Waals surface area contributed by atoms with Crippen molar-refractivity contribution in [3.63, 3.8) is 0 Å². The van der Waals surface area contributed by atoms with Crippen LogP contribution >= 0.6 is 11.6 Å². The van der Waals surface area contributed by atoms with Gasteiger partial charge in [-0.15, -0.1) is 0 Å². The molecule has 1 saturated carbocycles. The number of carbonyl (C=O) groups excluding carboxylic acids is 1. The first kappa shape index (κ1) is 15.7. The van der Waals surface area contributed by atoms with Crippen molar-refractivity contribution in [1.29, 1.82) is 0 Å². The Kier molecular flexibility index (Phi) is 3.88. The molecule has 2 aliphatic heterocycles. The number of sulfone groups is 1. The van der Waals surface area contributed by atoms with E-state index in [1.54, 1.807) is 0 Å². The van der Waals surface area contributed by atoms with Crippen molar-refractivity contribution in [2.24, 2.45) is 23.7 Å². The predicted octanol–water partition coefficient (Wildman–Crippen LogP) is 1.59. The molecule has 5 atom stereocenters. The van der Waals surface area contributed by atoms with Crippen molar-refractivity contribution < 1.29 is 22.7 Å². The lowest BCUT2D eigenvalue weighted by Crippen LogP contribution is -2.62. The number of hydrogen-bond donors (Lipinski definition) is 0. The highest BCUT2D eigenvalue weighted by molar-refractivity contribution is 7.92. The van der Waals surface area contributed by atoms with E-state index >= 15 is 0 Å². The first-order valence-corrected chi connectivity index (χ1v) is 9.57. The molecule has 3 rings (SSSR count). The number of ether oxygens (including phenoxy) is 2. The lowest BCUT2D eigenvalue weighted by atomic mass is 9.65. The zero-order chi connectivity index (χ0) is 15.4. The molecule has 1 spiro atoms. The maximum atomic E-state index is 12.6. The molecule has 0 N–H and O–H groups in total. The SMILES string of the molecule is CC1CC(C(=O)Cl)C(C)C2C1S(=O)(=O)CCC21OCCO1. The van der Waals surface area contributed by atoms with Gasteiger partial charge >= 0.3 is 0 Å². The van der Waals surface area contributed by atoms with Gasteiger partial charge in [-0.1, -0.05) is 13.8 Å². The zero-order valence-corrected chi connectivity index (χ0v) is 13.8. The Bertz CT molecular complexity index is 540. The summed E-state index contributed by atoms with van der Waals surface area (Å²) in [6, 6.07) is 0. The molecule has 21 heavy (non-hydrogen) atoms. The summed E-state index contributed by atoms with van der Waals surface area (Å²) in [5.74, 6) is -1.70. The summed E-state index contributed by atoms with van der Waals surface area (Å²) in [6.45, 7) is 4.75. The highest BCUT2D eigenvalue weighted by atomic mass is 35.5. The fourth-order valence-electron chi connectivity index (χ4n) is 4.57. The van der Waals surface area contributed by atoms with E-state index in [0.29, 0.717) is 26.1 Å². The minimum absolute atomic E-state index is 0.0880. The third-order valence-electron chi connectivity index (χ3n) is 5.47. The largest absolute Gasteiger partial charge is 0.347 e. The molecular weight excluding hydrogens is 316 g/mol. The molecule has 2 saturated heterocycles. The van der Waals surface area contributed by atoms with E-state index in [0.717, 1.165) is 0 Å². The van der Waals surface area contributed by atoms with Gasteiger partial charge in [0.2, 0.25) is 5.24 Å². The van der Waals surface area contributed by atoms with Crippen LogP contribution in [0.15, 0.2) is 0 Å². The van der Waals surface area contributed by atoms with Crippen LogP contribution in [-0.4, -0.2) is 43.7 Å². The Morgan fingerprint density at radius 1 is 1.24 bits per heavy atom. The van der Waals surface area contributed by atoms with Gasteiger partial charge in [-0.3, -0.25) is 4.79 Å². The quantitative estimate of drug-likeness (QED) is 0.680. The Hall–Kier alpha value is -0.170. The standard InChI is InChI=1S/C14H21ClO5S/c1-8-7-10(13(15)16)9(2)11-12(8)21(17,18)6-3-14(11)19-4-5-20-14/h8-12H,3-7H2,1-2H3. The van der Waals surface area contributed by atoms with Crippen molar-refractivity contribution in [3.05, 3.63) is 0 Å². The van der Waals surface area contributed by atoms with Crippen molar-refractivity contribution in [1.82, 2.24) is 0 Å². The molecule has 3 fully saturated rings. The molecule has 5 unspecified atom stereocenters. The maximum absolute atomic E-state index is 12.6. The predicted molar refractivity (Wildman–Crippen MR) is 77.6 cm³/mol. The van der Waals surface area contributed by atoms with Crippen molar-refractivity contribution in [2.75, 3.05) is 19.0 Å². The van der Waals surface area contributed by atoms with Gasteiger partial charge < -0.3 is 9.47 Å². The number of fused-ring (bicyclic) bond motifs is 2. The smallest absolute Gasteiger partial charge is 0.225 e. The van der Waals surface area contributed by atoms with E-state index < -0.39 is 20.9 Å². The highest BCUT2D eigenvalue weighted by Gasteiger charge is 2.62. The van der Waals surface area contributed by atoms with Crippen LogP contribution < -0.4 is 0 Å². The third-order valence-corrected chi connectivity index (χ3v) is 8.11. The fourth-order valence-corrected chi connectivity index (χ4v) is 7.42. The summed E-state index contributed by atoms with van der Waals surface area (Å²) in [5.41, 5.74) is 0. The lowest BCUT2D eigenvalue weighted by Gasteiger charge is -2.52. The summed E-state index contributed by atoms with van der Waals surface area (Å²) in [7, 11) is -3.19. The molecule has 5 nitrogen and oxygen atoms in total. The van der Waals surface area contributed by atoms with Gasteiger partial charge in [-0.2, -0.15) is 0 Å². The van der Waals surface area contributed by atoms with E-state index in [1.807, 2.05) is 13.8 Å². The minimum atomic E-state index is -3.19. The molecule has 0 aromatic carbocycles. The molecule has 0 aromatic rings. The Labute approximate surface area is 130 Å². The Morgan fingerprint density at radius 2 is 1.86 bits per heavy atom. The zero-order valence-electron chi connectivity index (χ0n) is 12.2. The second kappa shape index (κ2) is 5.18.